The summed E-state index contributed by atoms with van der Waals surface area (Å²) in [5.41, 5.74) is 6.73. The first kappa shape index (κ1) is 12.0. The molecule has 0 bridgehead atoms. The quantitative estimate of drug-likeness (QED) is 0.812. The van der Waals surface area contributed by atoms with Crippen molar-refractivity contribution >= 4 is 0 Å². The van der Waals surface area contributed by atoms with Crippen LogP contribution in [-0.4, -0.2) is 12.6 Å². The lowest BCUT2D eigenvalue weighted by molar-refractivity contribution is 0.278. The van der Waals surface area contributed by atoms with Gasteiger partial charge in [-0.3, -0.25) is 0 Å². The molecular weight excluding hydrogens is 193 g/mol. The minimum atomic E-state index is -0.278. The van der Waals surface area contributed by atoms with E-state index in [1.165, 1.54) is 12.1 Å². The molecule has 1 aromatic carbocycles. The van der Waals surface area contributed by atoms with E-state index in [2.05, 4.69) is 6.92 Å². The Morgan fingerprint density at radius 2 is 2.20 bits per heavy atom. The average Bonchev–Trinajstić information content (AvgIpc) is 2.20. The van der Waals surface area contributed by atoms with Gasteiger partial charge in [0.2, 0.25) is 0 Å². The van der Waals surface area contributed by atoms with E-state index in [-0.39, 0.29) is 11.9 Å². The summed E-state index contributed by atoms with van der Waals surface area (Å²) >= 11 is 0. The van der Waals surface area contributed by atoms with Gasteiger partial charge in [0.05, 0.1) is 0 Å². The number of ether oxygens (including phenoxy) is 1. The third kappa shape index (κ3) is 3.88. The van der Waals surface area contributed by atoms with Crippen molar-refractivity contribution in [2.45, 2.75) is 32.7 Å². The van der Waals surface area contributed by atoms with Crippen molar-refractivity contribution in [2.75, 3.05) is 6.61 Å². The number of aryl methyl sites for hydroxylation is 1. The molecule has 0 aliphatic rings. The molecule has 0 heterocycles. The van der Waals surface area contributed by atoms with Crippen LogP contribution in [0.4, 0.5) is 4.39 Å². The normalized spacial score (nSPS) is 12.5. The van der Waals surface area contributed by atoms with Crippen LogP contribution < -0.4 is 10.5 Å². The molecule has 0 saturated heterocycles. The Labute approximate surface area is 90.2 Å². The predicted octanol–water partition coefficient (Wildman–Crippen LogP) is 2.64. The first-order valence-corrected chi connectivity index (χ1v) is 5.28. The van der Waals surface area contributed by atoms with Gasteiger partial charge < -0.3 is 10.5 Å². The smallest absolute Gasteiger partial charge is 0.126 e. The van der Waals surface area contributed by atoms with Gasteiger partial charge in [-0.1, -0.05) is 19.4 Å². The first-order chi connectivity index (χ1) is 7.13. The fraction of sp³-hybridized carbons (Fsp3) is 0.500. The largest absolute Gasteiger partial charge is 0.492 e. The minimum Gasteiger partial charge on any atom is -0.492 e. The van der Waals surface area contributed by atoms with Crippen LogP contribution in [0.25, 0.3) is 0 Å². The van der Waals surface area contributed by atoms with Crippen LogP contribution in [-0.2, 0) is 0 Å². The van der Waals surface area contributed by atoms with Gasteiger partial charge in [0.25, 0.3) is 0 Å². The van der Waals surface area contributed by atoms with Crippen molar-refractivity contribution < 1.29 is 9.13 Å². The summed E-state index contributed by atoms with van der Waals surface area (Å²) in [6.45, 7) is 4.41. The third-order valence-electron chi connectivity index (χ3n) is 2.26. The zero-order chi connectivity index (χ0) is 11.3. The number of hydrogen-bond acceptors (Lipinski definition) is 2. The third-order valence-corrected chi connectivity index (χ3v) is 2.26. The second-order valence-corrected chi connectivity index (χ2v) is 3.77. The molecular formula is C12H18FNO. The first-order valence-electron chi connectivity index (χ1n) is 5.28. The summed E-state index contributed by atoms with van der Waals surface area (Å²) in [5, 5.41) is 0. The monoisotopic (exact) mass is 211 g/mol. The molecule has 84 valence electrons. The van der Waals surface area contributed by atoms with Crippen LogP contribution in [0.15, 0.2) is 18.2 Å². The summed E-state index contributed by atoms with van der Waals surface area (Å²) in [6.07, 6.45) is 1.96. The molecule has 0 aromatic heterocycles. The average molecular weight is 211 g/mol. The van der Waals surface area contributed by atoms with Gasteiger partial charge in [0, 0.05) is 12.1 Å². The number of rotatable bonds is 5. The number of hydrogen-bond donors (Lipinski definition) is 1. The van der Waals surface area contributed by atoms with Crippen molar-refractivity contribution in [3.63, 3.8) is 0 Å². The zero-order valence-corrected chi connectivity index (χ0v) is 9.29. The van der Waals surface area contributed by atoms with Crippen molar-refractivity contribution in [1.29, 1.82) is 0 Å². The second kappa shape index (κ2) is 5.71. The maximum atomic E-state index is 12.9. The summed E-state index contributed by atoms with van der Waals surface area (Å²) < 4.78 is 18.4. The highest BCUT2D eigenvalue weighted by Gasteiger charge is 2.05. The van der Waals surface area contributed by atoms with E-state index in [1.54, 1.807) is 6.07 Å². The Hall–Kier alpha value is -1.09. The summed E-state index contributed by atoms with van der Waals surface area (Å²) in [6, 6.07) is 4.55. The van der Waals surface area contributed by atoms with E-state index in [0.717, 1.165) is 18.4 Å². The lowest BCUT2D eigenvalue weighted by Gasteiger charge is -2.13. The fourth-order valence-corrected chi connectivity index (χ4v) is 1.38. The van der Waals surface area contributed by atoms with E-state index in [9.17, 15) is 4.39 Å². The van der Waals surface area contributed by atoms with Crippen LogP contribution in [0.2, 0.25) is 0 Å². The number of benzene rings is 1. The summed E-state index contributed by atoms with van der Waals surface area (Å²) in [5.74, 6) is 0.307. The summed E-state index contributed by atoms with van der Waals surface area (Å²) in [7, 11) is 0. The van der Waals surface area contributed by atoms with Crippen LogP contribution in [0.1, 0.15) is 25.3 Å². The molecule has 0 aliphatic carbocycles. The maximum Gasteiger partial charge on any atom is 0.126 e. The van der Waals surface area contributed by atoms with Crippen molar-refractivity contribution in [1.82, 2.24) is 0 Å². The number of halogens is 1. The zero-order valence-electron chi connectivity index (χ0n) is 9.29. The Bertz CT molecular complexity index is 314. The molecule has 1 rings (SSSR count). The standard InChI is InChI=1S/C12H18FNO/c1-3-4-11(14)8-15-12-7-10(13)6-5-9(12)2/h5-7,11H,3-4,8,14H2,1-2H3. The molecule has 15 heavy (non-hydrogen) atoms. The van der Waals surface area contributed by atoms with Crippen molar-refractivity contribution in [3.05, 3.63) is 29.6 Å². The van der Waals surface area contributed by atoms with E-state index < -0.39 is 0 Å². The van der Waals surface area contributed by atoms with Gasteiger partial charge in [-0.05, 0) is 25.0 Å². The molecule has 0 radical (unpaired) electrons. The van der Waals surface area contributed by atoms with Crippen LogP contribution in [0.3, 0.4) is 0 Å². The molecule has 0 saturated carbocycles. The highest BCUT2D eigenvalue weighted by atomic mass is 19.1. The van der Waals surface area contributed by atoms with Gasteiger partial charge in [0.1, 0.15) is 18.2 Å². The molecule has 1 atom stereocenters. The Morgan fingerprint density at radius 3 is 2.87 bits per heavy atom. The molecule has 2 N–H and O–H groups in total. The van der Waals surface area contributed by atoms with Gasteiger partial charge >= 0.3 is 0 Å². The van der Waals surface area contributed by atoms with Crippen molar-refractivity contribution in [3.8, 4) is 5.75 Å². The van der Waals surface area contributed by atoms with Gasteiger partial charge in [-0.2, -0.15) is 0 Å². The van der Waals surface area contributed by atoms with E-state index in [1.807, 2.05) is 6.92 Å². The lowest BCUT2D eigenvalue weighted by atomic mass is 10.2. The maximum absolute atomic E-state index is 12.9. The molecule has 3 heteroatoms. The SMILES string of the molecule is CCCC(N)COc1cc(F)ccc1C. The molecule has 2 nitrogen and oxygen atoms in total. The molecule has 0 amide bonds. The van der Waals surface area contributed by atoms with Gasteiger partial charge in [0.15, 0.2) is 0 Å². The van der Waals surface area contributed by atoms with Gasteiger partial charge in [-0.15, -0.1) is 0 Å². The molecule has 1 aromatic rings. The summed E-state index contributed by atoms with van der Waals surface area (Å²) in [4.78, 5) is 0. The van der Waals surface area contributed by atoms with E-state index in [0.29, 0.717) is 12.4 Å². The van der Waals surface area contributed by atoms with Gasteiger partial charge in [-0.25, -0.2) is 4.39 Å². The molecule has 1 unspecified atom stereocenters. The Balaban J connectivity index is 2.53. The highest BCUT2D eigenvalue weighted by Crippen LogP contribution is 2.18. The lowest BCUT2D eigenvalue weighted by Crippen LogP contribution is -2.27. The highest BCUT2D eigenvalue weighted by molar-refractivity contribution is 5.32. The van der Waals surface area contributed by atoms with Crippen LogP contribution >= 0.6 is 0 Å². The predicted molar refractivity (Wildman–Crippen MR) is 59.5 cm³/mol. The molecule has 0 aliphatic heterocycles. The fourth-order valence-electron chi connectivity index (χ4n) is 1.38. The Morgan fingerprint density at radius 1 is 1.47 bits per heavy atom. The van der Waals surface area contributed by atoms with Crippen LogP contribution in [0, 0.1) is 12.7 Å². The Kier molecular flexibility index (Phi) is 4.56. The second-order valence-electron chi connectivity index (χ2n) is 3.77. The topological polar surface area (TPSA) is 35.2 Å². The minimum absolute atomic E-state index is 0.0256. The van der Waals surface area contributed by atoms with E-state index in [4.69, 9.17) is 10.5 Å². The molecule has 0 spiro atoms. The molecule has 0 fully saturated rings. The van der Waals surface area contributed by atoms with Crippen molar-refractivity contribution in [2.24, 2.45) is 5.73 Å². The van der Waals surface area contributed by atoms with E-state index >= 15 is 0 Å². The van der Waals surface area contributed by atoms with Crippen LogP contribution in [0.5, 0.6) is 5.75 Å². The number of nitrogens with two attached hydrogens (primary N) is 1.